The molecular weight excluding hydrogens is 324 g/mol. The van der Waals surface area contributed by atoms with E-state index in [-0.39, 0.29) is 22.4 Å². The van der Waals surface area contributed by atoms with E-state index in [0.717, 1.165) is 16.3 Å². The van der Waals surface area contributed by atoms with E-state index in [1.54, 1.807) is 31.5 Å². The van der Waals surface area contributed by atoms with Crippen molar-refractivity contribution in [3.05, 3.63) is 43.5 Å². The monoisotopic (exact) mass is 348 g/mol. The molecule has 0 aliphatic heterocycles. The van der Waals surface area contributed by atoms with Crippen molar-refractivity contribution in [1.82, 2.24) is 19.9 Å². The Bertz CT molecular complexity index is 802. The number of amides is 1. The number of aromatic nitrogens is 3. The van der Waals surface area contributed by atoms with Gasteiger partial charge < -0.3 is 9.88 Å². The minimum atomic E-state index is -0.386. The standard InChI is InChI=1S/C17H24N4O2S/c1-7-12-18-8-11(24-12)9-21(6)15(23)13-10(2)19-16(17(3,4)5)20-14(13)22/h8H,7,9H2,1-6H3,(H,19,20,22). The van der Waals surface area contributed by atoms with Crippen molar-refractivity contribution in [3.63, 3.8) is 0 Å². The lowest BCUT2D eigenvalue weighted by Gasteiger charge is -2.20. The lowest BCUT2D eigenvalue weighted by Crippen LogP contribution is -2.34. The molecule has 24 heavy (non-hydrogen) atoms. The van der Waals surface area contributed by atoms with Crippen LogP contribution in [0.25, 0.3) is 0 Å². The molecule has 0 fully saturated rings. The Balaban J connectivity index is 2.27. The van der Waals surface area contributed by atoms with Crippen LogP contribution in [-0.2, 0) is 18.4 Å². The highest BCUT2D eigenvalue weighted by atomic mass is 32.1. The van der Waals surface area contributed by atoms with Crippen molar-refractivity contribution in [2.75, 3.05) is 7.05 Å². The first kappa shape index (κ1) is 18.3. The van der Waals surface area contributed by atoms with Crippen LogP contribution in [0, 0.1) is 6.92 Å². The number of thiazole rings is 1. The van der Waals surface area contributed by atoms with Gasteiger partial charge in [0.05, 0.1) is 17.2 Å². The van der Waals surface area contributed by atoms with Gasteiger partial charge in [0.15, 0.2) is 0 Å². The molecule has 2 aromatic heterocycles. The van der Waals surface area contributed by atoms with E-state index in [4.69, 9.17) is 0 Å². The first-order valence-electron chi connectivity index (χ1n) is 7.94. The molecule has 0 bridgehead atoms. The average Bonchev–Trinajstić information content (AvgIpc) is 2.92. The summed E-state index contributed by atoms with van der Waals surface area (Å²) in [5.74, 6) is 0.257. The molecule has 130 valence electrons. The SMILES string of the molecule is CCc1ncc(CN(C)C(=O)c2c(C)nc(C(C)(C)C)[nH]c2=O)s1. The molecule has 0 radical (unpaired) electrons. The summed E-state index contributed by atoms with van der Waals surface area (Å²) in [5.41, 5.74) is -0.107. The zero-order chi connectivity index (χ0) is 18.1. The van der Waals surface area contributed by atoms with Gasteiger partial charge in [0, 0.05) is 23.5 Å². The Morgan fingerprint density at radius 1 is 1.38 bits per heavy atom. The highest BCUT2D eigenvalue weighted by Crippen LogP contribution is 2.19. The third-order valence-electron chi connectivity index (χ3n) is 3.67. The molecule has 0 aliphatic rings. The average molecular weight is 348 g/mol. The second-order valence-corrected chi connectivity index (χ2v) is 8.06. The Labute approximate surface area is 146 Å². The summed E-state index contributed by atoms with van der Waals surface area (Å²) in [6.07, 6.45) is 2.66. The minimum absolute atomic E-state index is 0.103. The van der Waals surface area contributed by atoms with Gasteiger partial charge in [0.1, 0.15) is 11.4 Å². The number of H-pyrrole nitrogens is 1. The van der Waals surface area contributed by atoms with Gasteiger partial charge in [-0.3, -0.25) is 9.59 Å². The topological polar surface area (TPSA) is 79.0 Å². The van der Waals surface area contributed by atoms with Crippen LogP contribution in [0.1, 0.15) is 59.5 Å². The number of hydrogen-bond donors (Lipinski definition) is 1. The van der Waals surface area contributed by atoms with Crippen LogP contribution in [0.5, 0.6) is 0 Å². The van der Waals surface area contributed by atoms with Gasteiger partial charge in [-0.05, 0) is 13.3 Å². The first-order valence-corrected chi connectivity index (χ1v) is 8.75. The quantitative estimate of drug-likeness (QED) is 0.921. The van der Waals surface area contributed by atoms with Gasteiger partial charge in [0.25, 0.3) is 11.5 Å². The molecule has 7 heteroatoms. The fraction of sp³-hybridized carbons (Fsp3) is 0.529. The summed E-state index contributed by atoms with van der Waals surface area (Å²) in [6, 6.07) is 0. The van der Waals surface area contributed by atoms with Gasteiger partial charge in [-0.1, -0.05) is 27.7 Å². The summed E-state index contributed by atoms with van der Waals surface area (Å²) in [4.78, 5) is 39.1. The molecule has 0 atom stereocenters. The summed E-state index contributed by atoms with van der Waals surface area (Å²) >= 11 is 1.58. The largest absolute Gasteiger partial charge is 0.336 e. The second kappa shape index (κ2) is 6.84. The molecular formula is C17H24N4O2S. The molecule has 0 saturated heterocycles. The van der Waals surface area contributed by atoms with E-state index in [2.05, 4.69) is 15.0 Å². The Morgan fingerprint density at radius 3 is 2.54 bits per heavy atom. The third-order valence-corrected chi connectivity index (χ3v) is 4.79. The highest BCUT2D eigenvalue weighted by molar-refractivity contribution is 7.11. The predicted molar refractivity (Wildman–Crippen MR) is 95.6 cm³/mol. The van der Waals surface area contributed by atoms with Gasteiger partial charge >= 0.3 is 0 Å². The molecule has 0 saturated carbocycles. The van der Waals surface area contributed by atoms with Gasteiger partial charge in [-0.15, -0.1) is 11.3 Å². The Kier molecular flexibility index (Phi) is 5.22. The molecule has 2 rings (SSSR count). The normalized spacial score (nSPS) is 11.6. The van der Waals surface area contributed by atoms with Crippen LogP contribution in [0.3, 0.4) is 0 Å². The molecule has 0 aliphatic carbocycles. The van der Waals surface area contributed by atoms with Crippen LogP contribution >= 0.6 is 11.3 Å². The van der Waals surface area contributed by atoms with Crippen molar-refractivity contribution in [2.24, 2.45) is 0 Å². The van der Waals surface area contributed by atoms with E-state index in [1.807, 2.05) is 27.7 Å². The molecule has 1 N–H and O–H groups in total. The molecule has 2 heterocycles. The van der Waals surface area contributed by atoms with Crippen molar-refractivity contribution < 1.29 is 4.79 Å². The van der Waals surface area contributed by atoms with Gasteiger partial charge in [0.2, 0.25) is 0 Å². The van der Waals surface area contributed by atoms with Crippen LogP contribution < -0.4 is 5.56 Å². The zero-order valence-corrected chi connectivity index (χ0v) is 15.9. The molecule has 0 aromatic carbocycles. The van der Waals surface area contributed by atoms with Crippen LogP contribution in [0.4, 0.5) is 0 Å². The maximum Gasteiger partial charge on any atom is 0.264 e. The number of nitrogens with one attached hydrogen (secondary N) is 1. The minimum Gasteiger partial charge on any atom is -0.336 e. The van der Waals surface area contributed by atoms with E-state index >= 15 is 0 Å². The van der Waals surface area contributed by atoms with Crippen LogP contribution in [0.15, 0.2) is 11.0 Å². The van der Waals surface area contributed by atoms with Gasteiger partial charge in [-0.2, -0.15) is 0 Å². The fourth-order valence-corrected chi connectivity index (χ4v) is 3.19. The van der Waals surface area contributed by atoms with E-state index in [0.29, 0.717) is 18.1 Å². The number of carbonyl (C=O) groups is 1. The number of nitrogens with zero attached hydrogens (tertiary/aromatic N) is 3. The lowest BCUT2D eigenvalue weighted by molar-refractivity contribution is 0.0783. The highest BCUT2D eigenvalue weighted by Gasteiger charge is 2.24. The summed E-state index contributed by atoms with van der Waals surface area (Å²) < 4.78 is 0. The molecule has 6 nitrogen and oxygen atoms in total. The fourth-order valence-electron chi connectivity index (χ4n) is 2.27. The smallest absolute Gasteiger partial charge is 0.264 e. The van der Waals surface area contributed by atoms with Crippen molar-refractivity contribution in [1.29, 1.82) is 0 Å². The number of aryl methyl sites for hydroxylation is 2. The van der Waals surface area contributed by atoms with Crippen LogP contribution in [-0.4, -0.2) is 32.8 Å². The first-order chi connectivity index (χ1) is 11.1. The summed E-state index contributed by atoms with van der Waals surface area (Å²) in [6.45, 7) is 10.1. The number of aromatic amines is 1. The second-order valence-electron chi connectivity index (χ2n) is 6.86. The molecule has 0 spiro atoms. The third kappa shape index (κ3) is 3.90. The molecule has 1 amide bonds. The van der Waals surface area contributed by atoms with Crippen molar-refractivity contribution in [3.8, 4) is 0 Å². The number of carbonyl (C=O) groups excluding carboxylic acids is 1. The summed E-state index contributed by atoms with van der Waals surface area (Å²) in [5, 5.41) is 1.04. The maximum absolute atomic E-state index is 12.7. The van der Waals surface area contributed by atoms with Crippen LogP contribution in [0.2, 0.25) is 0 Å². The van der Waals surface area contributed by atoms with Crippen molar-refractivity contribution >= 4 is 17.2 Å². The summed E-state index contributed by atoms with van der Waals surface area (Å²) in [7, 11) is 1.68. The number of rotatable bonds is 4. The number of hydrogen-bond acceptors (Lipinski definition) is 5. The zero-order valence-electron chi connectivity index (χ0n) is 15.1. The predicted octanol–water partition coefficient (Wildman–Crippen LogP) is 2.67. The van der Waals surface area contributed by atoms with Gasteiger partial charge in [-0.25, -0.2) is 9.97 Å². The van der Waals surface area contributed by atoms with E-state index < -0.39 is 0 Å². The van der Waals surface area contributed by atoms with E-state index in [9.17, 15) is 9.59 Å². The Hall–Kier alpha value is -2.02. The Morgan fingerprint density at radius 2 is 2.04 bits per heavy atom. The molecule has 0 unspecified atom stereocenters. The van der Waals surface area contributed by atoms with E-state index in [1.165, 1.54) is 4.90 Å². The lowest BCUT2D eigenvalue weighted by atomic mass is 9.95. The maximum atomic E-state index is 12.7. The molecule has 2 aromatic rings. The van der Waals surface area contributed by atoms with Crippen molar-refractivity contribution in [2.45, 2.75) is 53.0 Å².